The molecule has 0 aliphatic heterocycles. The van der Waals surface area contributed by atoms with Gasteiger partial charge in [0, 0.05) is 17.7 Å². The molecular formula is C19H13N3O3. The minimum Gasteiger partial charge on any atom is -0.426 e. The second-order valence-corrected chi connectivity index (χ2v) is 5.62. The third-order valence-electron chi connectivity index (χ3n) is 4.05. The van der Waals surface area contributed by atoms with Crippen molar-refractivity contribution in [1.82, 2.24) is 9.71 Å². The first-order valence-corrected chi connectivity index (χ1v) is 7.65. The van der Waals surface area contributed by atoms with Crippen LogP contribution in [0.4, 0.5) is 5.69 Å². The second kappa shape index (κ2) is 5.76. The number of aromatic nitrogens is 2. The molecule has 6 nitrogen and oxygen atoms in total. The van der Waals surface area contributed by atoms with Crippen molar-refractivity contribution in [2.24, 2.45) is 0 Å². The third kappa shape index (κ3) is 2.59. The van der Waals surface area contributed by atoms with Gasteiger partial charge >= 0.3 is 0 Å². The number of nitro benzene ring substituents is 1. The first-order valence-electron chi connectivity index (χ1n) is 7.65. The van der Waals surface area contributed by atoms with Crippen LogP contribution in [0.2, 0.25) is 0 Å². The molecule has 0 bridgehead atoms. The average molecular weight is 331 g/mol. The molecule has 1 aromatic heterocycles. The zero-order chi connectivity index (χ0) is 17.4. The molecule has 0 atom stereocenters. The Kier molecular flexibility index (Phi) is 3.43. The lowest BCUT2D eigenvalue weighted by molar-refractivity contribution is -0.384. The van der Waals surface area contributed by atoms with Crippen molar-refractivity contribution in [2.75, 3.05) is 0 Å². The zero-order valence-corrected chi connectivity index (χ0v) is 13.0. The van der Waals surface area contributed by atoms with E-state index in [9.17, 15) is 15.3 Å². The summed E-state index contributed by atoms with van der Waals surface area (Å²) in [7, 11) is 0. The maximum atomic E-state index is 10.9. The van der Waals surface area contributed by atoms with E-state index in [1.165, 1.54) is 18.2 Å². The van der Waals surface area contributed by atoms with Crippen LogP contribution in [-0.4, -0.2) is 19.8 Å². The van der Waals surface area contributed by atoms with Crippen LogP contribution in [0.15, 0.2) is 72.8 Å². The molecule has 0 spiro atoms. The normalized spacial score (nSPS) is 10.9. The second-order valence-electron chi connectivity index (χ2n) is 5.62. The molecule has 6 heteroatoms. The van der Waals surface area contributed by atoms with E-state index < -0.39 is 4.92 Å². The van der Waals surface area contributed by atoms with Gasteiger partial charge in [0.25, 0.3) is 5.69 Å². The minimum atomic E-state index is -0.498. The Hall–Kier alpha value is -3.67. The van der Waals surface area contributed by atoms with Gasteiger partial charge < -0.3 is 5.21 Å². The number of hydrogen-bond acceptors (Lipinski definition) is 4. The van der Waals surface area contributed by atoms with Gasteiger partial charge in [0.15, 0.2) is 5.82 Å². The van der Waals surface area contributed by atoms with Gasteiger partial charge in [-0.3, -0.25) is 10.1 Å². The van der Waals surface area contributed by atoms with Gasteiger partial charge in [-0.1, -0.05) is 48.5 Å². The molecule has 0 unspecified atom stereocenters. The first kappa shape index (κ1) is 14.9. The fourth-order valence-corrected chi connectivity index (χ4v) is 2.82. The zero-order valence-electron chi connectivity index (χ0n) is 13.0. The Labute approximate surface area is 142 Å². The summed E-state index contributed by atoms with van der Waals surface area (Å²) in [6, 6.07) is 21.7. The fourth-order valence-electron chi connectivity index (χ4n) is 2.82. The number of nitrogens with zero attached hydrogens (tertiary/aromatic N) is 3. The number of fused-ring (bicyclic) bond motifs is 1. The van der Waals surface area contributed by atoms with Crippen LogP contribution in [0, 0.1) is 10.1 Å². The van der Waals surface area contributed by atoms with E-state index >= 15 is 0 Å². The molecule has 4 aromatic rings. The van der Waals surface area contributed by atoms with Crippen LogP contribution < -0.4 is 0 Å². The molecule has 0 aliphatic carbocycles. The van der Waals surface area contributed by atoms with Gasteiger partial charge in [-0.25, -0.2) is 4.98 Å². The highest BCUT2D eigenvalue weighted by Crippen LogP contribution is 2.29. The molecule has 25 heavy (non-hydrogen) atoms. The molecule has 1 heterocycles. The summed E-state index contributed by atoms with van der Waals surface area (Å²) in [6.07, 6.45) is 0. The van der Waals surface area contributed by atoms with E-state index in [2.05, 4.69) is 4.98 Å². The highest BCUT2D eigenvalue weighted by molar-refractivity contribution is 5.83. The fraction of sp³-hybridized carbons (Fsp3) is 0. The van der Waals surface area contributed by atoms with E-state index in [1.54, 1.807) is 0 Å². The monoisotopic (exact) mass is 331 g/mol. The summed E-state index contributed by atoms with van der Waals surface area (Å²) in [4.78, 5) is 14.8. The molecule has 4 rings (SSSR count). The van der Waals surface area contributed by atoms with Gasteiger partial charge in [-0.2, -0.15) is 4.73 Å². The molecule has 3 aromatic carbocycles. The van der Waals surface area contributed by atoms with Crippen LogP contribution in [0.1, 0.15) is 0 Å². The highest BCUT2D eigenvalue weighted by Gasteiger charge is 2.16. The number of benzene rings is 3. The molecular weight excluding hydrogens is 318 g/mol. The van der Waals surface area contributed by atoms with Crippen molar-refractivity contribution in [2.45, 2.75) is 0 Å². The predicted molar refractivity (Wildman–Crippen MR) is 94.4 cm³/mol. The SMILES string of the molecule is O=[N+]([O-])c1ccc2nc(-c3cccc(-c4ccccc4)c3)n(O)c2c1. The Bertz CT molecular complexity index is 1090. The summed E-state index contributed by atoms with van der Waals surface area (Å²) < 4.78 is 0.895. The van der Waals surface area contributed by atoms with E-state index in [-0.39, 0.29) is 5.69 Å². The Morgan fingerprint density at radius 3 is 2.36 bits per heavy atom. The van der Waals surface area contributed by atoms with Crippen LogP contribution in [0.5, 0.6) is 0 Å². The van der Waals surface area contributed by atoms with Crippen molar-refractivity contribution in [3.63, 3.8) is 0 Å². The Morgan fingerprint density at radius 1 is 0.880 bits per heavy atom. The van der Waals surface area contributed by atoms with E-state index in [0.29, 0.717) is 16.9 Å². The summed E-state index contributed by atoms with van der Waals surface area (Å²) in [5.41, 5.74) is 3.48. The molecule has 0 aliphatic rings. The van der Waals surface area contributed by atoms with Crippen molar-refractivity contribution in [1.29, 1.82) is 0 Å². The van der Waals surface area contributed by atoms with Crippen LogP contribution in [0.25, 0.3) is 33.5 Å². The van der Waals surface area contributed by atoms with Gasteiger partial charge in [0.2, 0.25) is 0 Å². The number of hydrogen-bond donors (Lipinski definition) is 1. The van der Waals surface area contributed by atoms with E-state index in [0.717, 1.165) is 21.4 Å². The maximum absolute atomic E-state index is 10.9. The summed E-state index contributed by atoms with van der Waals surface area (Å²) in [5, 5.41) is 21.4. The van der Waals surface area contributed by atoms with E-state index in [1.807, 2.05) is 54.6 Å². The van der Waals surface area contributed by atoms with Gasteiger partial charge in [0.05, 0.1) is 10.4 Å². The predicted octanol–water partition coefficient (Wildman–Crippen LogP) is 4.52. The maximum Gasteiger partial charge on any atom is 0.271 e. The number of nitro groups is 1. The van der Waals surface area contributed by atoms with Crippen LogP contribution >= 0.6 is 0 Å². The Balaban J connectivity index is 1.85. The van der Waals surface area contributed by atoms with Gasteiger partial charge in [-0.05, 0) is 23.3 Å². The number of rotatable bonds is 3. The lowest BCUT2D eigenvalue weighted by Crippen LogP contribution is -1.95. The summed E-state index contributed by atoms with van der Waals surface area (Å²) in [6.45, 7) is 0. The third-order valence-corrected chi connectivity index (χ3v) is 4.05. The molecule has 0 amide bonds. The average Bonchev–Trinajstić information content (AvgIpc) is 2.99. The summed E-state index contributed by atoms with van der Waals surface area (Å²) >= 11 is 0. The van der Waals surface area contributed by atoms with Crippen molar-refractivity contribution >= 4 is 16.7 Å². The van der Waals surface area contributed by atoms with Crippen molar-refractivity contribution in [3.05, 3.63) is 82.9 Å². The smallest absolute Gasteiger partial charge is 0.271 e. The van der Waals surface area contributed by atoms with Crippen LogP contribution in [-0.2, 0) is 0 Å². The number of imidazole rings is 1. The number of non-ortho nitro benzene ring substituents is 1. The molecule has 1 N–H and O–H groups in total. The molecule has 122 valence electrons. The first-order chi connectivity index (χ1) is 12.1. The van der Waals surface area contributed by atoms with E-state index in [4.69, 9.17) is 0 Å². The Morgan fingerprint density at radius 2 is 1.60 bits per heavy atom. The highest BCUT2D eigenvalue weighted by atomic mass is 16.6. The lowest BCUT2D eigenvalue weighted by atomic mass is 10.0. The van der Waals surface area contributed by atoms with Gasteiger partial charge in [-0.15, -0.1) is 0 Å². The van der Waals surface area contributed by atoms with Gasteiger partial charge in [0.1, 0.15) is 5.52 Å². The lowest BCUT2D eigenvalue weighted by Gasteiger charge is -2.05. The summed E-state index contributed by atoms with van der Waals surface area (Å²) in [5.74, 6) is 0.341. The van der Waals surface area contributed by atoms with Crippen molar-refractivity contribution in [3.8, 4) is 22.5 Å². The molecule has 0 saturated carbocycles. The molecule has 0 fully saturated rings. The topological polar surface area (TPSA) is 81.2 Å². The van der Waals surface area contributed by atoms with Crippen molar-refractivity contribution < 1.29 is 10.1 Å². The van der Waals surface area contributed by atoms with Crippen LogP contribution in [0.3, 0.4) is 0 Å². The largest absolute Gasteiger partial charge is 0.426 e. The minimum absolute atomic E-state index is 0.0905. The molecule has 0 radical (unpaired) electrons. The standard InChI is InChI=1S/C19H13N3O3/c23-21-18-12-16(22(24)25)9-10-17(18)20-19(21)15-8-4-7-14(11-15)13-5-2-1-3-6-13/h1-12,23H. The quantitative estimate of drug-likeness (QED) is 0.340. The molecule has 0 saturated heterocycles.